The maximum Gasteiger partial charge on any atom is 0.250 e. The van der Waals surface area contributed by atoms with Crippen LogP contribution in [0.5, 0.6) is 0 Å². The first kappa shape index (κ1) is 21.2. The van der Waals surface area contributed by atoms with Crippen LogP contribution >= 0.6 is 23.2 Å². The van der Waals surface area contributed by atoms with E-state index >= 15 is 4.39 Å². The second-order valence-electron chi connectivity index (χ2n) is 8.78. The van der Waals surface area contributed by atoms with E-state index in [0.717, 1.165) is 18.4 Å². The van der Waals surface area contributed by atoms with Crippen LogP contribution < -0.4 is 11.1 Å². The molecule has 1 saturated heterocycles. The first-order chi connectivity index (χ1) is 14.9. The zero-order valence-corrected chi connectivity index (χ0v) is 18.3. The van der Waals surface area contributed by atoms with Gasteiger partial charge in [0.15, 0.2) is 0 Å². The van der Waals surface area contributed by atoms with Crippen molar-refractivity contribution < 1.29 is 14.3 Å². The van der Waals surface area contributed by atoms with Crippen molar-refractivity contribution in [2.24, 2.45) is 11.7 Å². The minimum atomic E-state index is -1.20. The van der Waals surface area contributed by atoms with Crippen molar-refractivity contribution in [1.82, 2.24) is 4.90 Å². The zero-order valence-electron chi connectivity index (χ0n) is 16.8. The van der Waals surface area contributed by atoms with Crippen LogP contribution in [0.4, 0.5) is 10.1 Å². The van der Waals surface area contributed by atoms with Crippen LogP contribution in [0.1, 0.15) is 36.3 Å². The number of likely N-dealkylation sites (tertiary alicyclic amines) is 1. The number of aliphatic hydroxyl groups excluding tert-OH is 1. The average molecular weight is 464 g/mol. The Bertz CT molecular complexity index is 1050. The SMILES string of the molecule is NC1C(CCO)N(CC2CC2)C2(C(=O)Nc3cc(Cl)ccc32)C1c1cccc(Cl)c1F. The highest BCUT2D eigenvalue weighted by atomic mass is 35.5. The van der Waals surface area contributed by atoms with E-state index < -0.39 is 23.3 Å². The van der Waals surface area contributed by atoms with Gasteiger partial charge in [0.05, 0.1) is 5.02 Å². The molecule has 5 nitrogen and oxygen atoms in total. The Labute approximate surface area is 190 Å². The standard InChI is InChI=1S/C23H24Cl2FN3O2/c24-13-6-7-15-17(10-13)28-22(31)23(15)19(14-2-1-3-16(25)20(14)26)21(27)18(8-9-30)29(23)11-12-4-5-12/h1-3,6-7,10,12,18-19,21,30H,4-5,8-9,11,27H2,(H,28,31). The van der Waals surface area contributed by atoms with Gasteiger partial charge in [-0.25, -0.2) is 4.39 Å². The van der Waals surface area contributed by atoms with Crippen molar-refractivity contribution in [2.45, 2.75) is 42.8 Å². The van der Waals surface area contributed by atoms with Crippen LogP contribution in [0.3, 0.4) is 0 Å². The van der Waals surface area contributed by atoms with Crippen molar-refractivity contribution in [2.75, 3.05) is 18.5 Å². The summed E-state index contributed by atoms with van der Waals surface area (Å²) in [5, 5.41) is 13.3. The van der Waals surface area contributed by atoms with E-state index in [-0.39, 0.29) is 23.6 Å². The molecule has 1 saturated carbocycles. The van der Waals surface area contributed by atoms with Crippen molar-refractivity contribution in [3.05, 3.63) is 63.4 Å². The van der Waals surface area contributed by atoms with Gasteiger partial charge in [0.1, 0.15) is 11.4 Å². The van der Waals surface area contributed by atoms with E-state index in [2.05, 4.69) is 10.2 Å². The molecule has 2 fully saturated rings. The number of halogens is 3. The molecule has 4 unspecified atom stereocenters. The number of carbonyl (C=O) groups excluding carboxylic acids is 1. The number of fused-ring (bicyclic) bond motifs is 2. The molecule has 164 valence electrons. The molecule has 2 aromatic carbocycles. The highest BCUT2D eigenvalue weighted by Gasteiger charge is 2.66. The first-order valence-electron chi connectivity index (χ1n) is 10.6. The number of hydrogen-bond acceptors (Lipinski definition) is 4. The Hall–Kier alpha value is -1.70. The van der Waals surface area contributed by atoms with Gasteiger partial charge in [-0.2, -0.15) is 0 Å². The molecule has 0 bridgehead atoms. The molecule has 31 heavy (non-hydrogen) atoms. The molecule has 1 amide bonds. The quantitative estimate of drug-likeness (QED) is 0.628. The minimum absolute atomic E-state index is 0.00562. The zero-order chi connectivity index (χ0) is 21.9. The lowest BCUT2D eigenvalue weighted by molar-refractivity contribution is -0.128. The topological polar surface area (TPSA) is 78.6 Å². The molecule has 2 aromatic rings. The number of amides is 1. The molecular formula is C23H24Cl2FN3O2. The fourth-order valence-corrected chi connectivity index (χ4v) is 5.92. The van der Waals surface area contributed by atoms with Crippen molar-refractivity contribution in [1.29, 1.82) is 0 Å². The van der Waals surface area contributed by atoms with Crippen molar-refractivity contribution >= 4 is 34.8 Å². The normalized spacial score (nSPS) is 30.1. The summed E-state index contributed by atoms with van der Waals surface area (Å²) >= 11 is 12.3. The fourth-order valence-electron chi connectivity index (χ4n) is 5.57. The number of aliphatic hydroxyl groups is 1. The summed E-state index contributed by atoms with van der Waals surface area (Å²) in [4.78, 5) is 15.9. The van der Waals surface area contributed by atoms with Gasteiger partial charge >= 0.3 is 0 Å². The molecule has 5 rings (SSSR count). The summed E-state index contributed by atoms with van der Waals surface area (Å²) in [7, 11) is 0. The minimum Gasteiger partial charge on any atom is -0.396 e. The summed E-state index contributed by atoms with van der Waals surface area (Å²) in [5.74, 6) is -1.03. The summed E-state index contributed by atoms with van der Waals surface area (Å²) in [6.07, 6.45) is 2.56. The van der Waals surface area contributed by atoms with Gasteiger partial charge < -0.3 is 16.2 Å². The van der Waals surface area contributed by atoms with Crippen LogP contribution in [0, 0.1) is 11.7 Å². The van der Waals surface area contributed by atoms with Crippen molar-refractivity contribution in [3.63, 3.8) is 0 Å². The number of nitrogens with zero attached hydrogens (tertiary/aromatic N) is 1. The number of nitrogens with one attached hydrogen (secondary N) is 1. The third-order valence-electron chi connectivity index (χ3n) is 7.01. The average Bonchev–Trinajstić information content (AvgIpc) is 3.46. The van der Waals surface area contributed by atoms with Crippen LogP contribution in [0.25, 0.3) is 0 Å². The molecule has 2 aliphatic heterocycles. The lowest BCUT2D eigenvalue weighted by Gasteiger charge is -2.39. The smallest absolute Gasteiger partial charge is 0.250 e. The fraction of sp³-hybridized carbons (Fsp3) is 0.435. The number of benzene rings is 2. The van der Waals surface area contributed by atoms with Crippen LogP contribution in [0.2, 0.25) is 10.0 Å². The summed E-state index contributed by atoms with van der Waals surface area (Å²) in [6.45, 7) is 0.585. The molecular weight excluding hydrogens is 440 g/mol. The Kier molecular flexibility index (Phi) is 5.26. The van der Waals surface area contributed by atoms with E-state index in [1.54, 1.807) is 24.3 Å². The molecule has 3 aliphatic rings. The predicted octanol–water partition coefficient (Wildman–Crippen LogP) is 3.87. The second kappa shape index (κ2) is 7.71. The Morgan fingerprint density at radius 1 is 1.26 bits per heavy atom. The highest BCUT2D eigenvalue weighted by molar-refractivity contribution is 6.31. The van der Waals surface area contributed by atoms with Crippen LogP contribution in [0.15, 0.2) is 36.4 Å². The summed E-state index contributed by atoms with van der Waals surface area (Å²) < 4.78 is 15.3. The Morgan fingerprint density at radius 2 is 2.03 bits per heavy atom. The molecule has 4 atom stereocenters. The summed E-state index contributed by atoms with van der Waals surface area (Å²) in [6, 6.07) is 9.26. The maximum atomic E-state index is 15.3. The molecule has 2 heterocycles. The number of nitrogens with two attached hydrogens (primary N) is 1. The Balaban J connectivity index is 1.78. The van der Waals surface area contributed by atoms with E-state index in [1.165, 1.54) is 6.07 Å². The van der Waals surface area contributed by atoms with Gasteiger partial charge in [-0.05, 0) is 48.9 Å². The van der Waals surface area contributed by atoms with Crippen LogP contribution in [-0.4, -0.2) is 41.1 Å². The molecule has 4 N–H and O–H groups in total. The third kappa shape index (κ3) is 3.11. The van der Waals surface area contributed by atoms with Gasteiger partial charge in [0, 0.05) is 47.4 Å². The maximum absolute atomic E-state index is 15.3. The summed E-state index contributed by atoms with van der Waals surface area (Å²) in [5.41, 5.74) is 7.25. The number of carbonyl (C=O) groups is 1. The molecule has 1 aliphatic carbocycles. The first-order valence-corrected chi connectivity index (χ1v) is 11.3. The predicted molar refractivity (Wildman–Crippen MR) is 119 cm³/mol. The van der Waals surface area contributed by atoms with Gasteiger partial charge in [0.25, 0.3) is 0 Å². The monoisotopic (exact) mass is 463 g/mol. The molecule has 0 radical (unpaired) electrons. The van der Waals surface area contributed by atoms with E-state index in [0.29, 0.717) is 35.2 Å². The van der Waals surface area contributed by atoms with E-state index in [1.807, 2.05) is 6.07 Å². The molecule has 1 spiro atoms. The highest BCUT2D eigenvalue weighted by Crippen LogP contribution is 2.58. The number of anilines is 1. The molecule has 0 aromatic heterocycles. The molecule has 8 heteroatoms. The third-order valence-corrected chi connectivity index (χ3v) is 7.54. The Morgan fingerprint density at radius 3 is 2.74 bits per heavy atom. The van der Waals surface area contributed by atoms with E-state index in [9.17, 15) is 9.90 Å². The largest absolute Gasteiger partial charge is 0.396 e. The number of rotatable bonds is 5. The van der Waals surface area contributed by atoms with Crippen molar-refractivity contribution in [3.8, 4) is 0 Å². The van der Waals surface area contributed by atoms with Gasteiger partial charge in [-0.3, -0.25) is 9.69 Å². The lowest BCUT2D eigenvalue weighted by Crippen LogP contribution is -2.52. The van der Waals surface area contributed by atoms with E-state index in [4.69, 9.17) is 28.9 Å². The lowest BCUT2D eigenvalue weighted by atomic mass is 9.73. The number of hydrogen-bond donors (Lipinski definition) is 3. The van der Waals surface area contributed by atoms with Gasteiger partial charge in [-0.15, -0.1) is 0 Å². The van der Waals surface area contributed by atoms with Crippen LogP contribution in [-0.2, 0) is 10.3 Å². The van der Waals surface area contributed by atoms with Gasteiger partial charge in [-0.1, -0.05) is 41.4 Å². The van der Waals surface area contributed by atoms with Gasteiger partial charge in [0.2, 0.25) is 5.91 Å². The second-order valence-corrected chi connectivity index (χ2v) is 9.63.